The lowest BCUT2D eigenvalue weighted by Gasteiger charge is -2.12. The van der Waals surface area contributed by atoms with Crippen LogP contribution in [0.4, 0.5) is 14.5 Å². The molecule has 132 valence electrons. The van der Waals surface area contributed by atoms with E-state index in [1.165, 1.54) is 0 Å². The number of benzene rings is 2. The number of rotatable bonds is 4. The predicted octanol–water partition coefficient (Wildman–Crippen LogP) is 4.77. The molecule has 0 aliphatic rings. The summed E-state index contributed by atoms with van der Waals surface area (Å²) in [5, 5.41) is 0.709. The third-order valence-electron chi connectivity index (χ3n) is 2.74. The molecule has 0 atom stereocenters. The second kappa shape index (κ2) is 9.93. The highest BCUT2D eigenvalue weighted by atomic mass is 35.5. The number of anilines is 1. The highest BCUT2D eigenvalue weighted by Crippen LogP contribution is 2.26. The maximum Gasteiger partial charge on any atom is 0.160 e. The Morgan fingerprint density at radius 3 is 2.29 bits per heavy atom. The Balaban J connectivity index is 0.000000254. The molecule has 0 aliphatic heterocycles. The van der Waals surface area contributed by atoms with Gasteiger partial charge < -0.3 is 15.4 Å². The molecule has 0 saturated carbocycles. The molecule has 2 N–H and O–H groups in total. The molecule has 0 aromatic heterocycles. The second-order valence-electron chi connectivity index (χ2n) is 5.06. The van der Waals surface area contributed by atoms with E-state index in [0.29, 0.717) is 23.1 Å². The van der Waals surface area contributed by atoms with Crippen molar-refractivity contribution in [3.8, 4) is 5.75 Å². The van der Waals surface area contributed by atoms with Gasteiger partial charge in [0, 0.05) is 23.2 Å². The van der Waals surface area contributed by atoms with Gasteiger partial charge in [-0.15, -0.1) is 12.6 Å². The molecular formula is C16H18Cl2F2N2OS. The number of halogens is 4. The van der Waals surface area contributed by atoms with Crippen molar-refractivity contribution in [3.05, 3.63) is 52.0 Å². The summed E-state index contributed by atoms with van der Waals surface area (Å²) < 4.78 is 30.0. The van der Waals surface area contributed by atoms with Gasteiger partial charge in [0.1, 0.15) is 12.4 Å². The largest absolute Gasteiger partial charge is 0.491 e. The van der Waals surface area contributed by atoms with Crippen molar-refractivity contribution in [2.24, 2.45) is 0 Å². The van der Waals surface area contributed by atoms with Crippen LogP contribution in [0.3, 0.4) is 0 Å². The molecule has 0 bridgehead atoms. The van der Waals surface area contributed by atoms with Gasteiger partial charge in [-0.25, -0.2) is 8.78 Å². The molecule has 0 spiro atoms. The van der Waals surface area contributed by atoms with Crippen molar-refractivity contribution < 1.29 is 13.5 Å². The molecule has 0 saturated heterocycles. The number of hydrogen-bond acceptors (Lipinski definition) is 4. The van der Waals surface area contributed by atoms with Gasteiger partial charge in [-0.1, -0.05) is 23.2 Å². The van der Waals surface area contributed by atoms with Crippen molar-refractivity contribution in [2.75, 3.05) is 33.0 Å². The van der Waals surface area contributed by atoms with E-state index < -0.39 is 11.6 Å². The summed E-state index contributed by atoms with van der Waals surface area (Å²) in [5.74, 6) is -1.24. The Morgan fingerprint density at radius 1 is 1.08 bits per heavy atom. The molecule has 2 aromatic carbocycles. The Labute approximate surface area is 155 Å². The molecular weight excluding hydrogens is 377 g/mol. The summed E-state index contributed by atoms with van der Waals surface area (Å²) in [4.78, 5) is 2.28. The fraction of sp³-hybridized carbons (Fsp3) is 0.250. The lowest BCUT2D eigenvalue weighted by Crippen LogP contribution is -2.19. The van der Waals surface area contributed by atoms with Crippen LogP contribution in [0.25, 0.3) is 0 Å². The third kappa shape index (κ3) is 7.13. The first-order valence-corrected chi connectivity index (χ1v) is 8.07. The number of nitrogens with zero attached hydrogens (tertiary/aromatic N) is 1. The first-order valence-electron chi connectivity index (χ1n) is 6.86. The first kappa shape index (κ1) is 20.8. The van der Waals surface area contributed by atoms with Gasteiger partial charge >= 0.3 is 0 Å². The average molecular weight is 395 g/mol. The Bertz CT molecular complexity index is 637. The minimum absolute atomic E-state index is 0.113. The monoisotopic (exact) mass is 394 g/mol. The van der Waals surface area contributed by atoms with Crippen LogP contribution in [-0.2, 0) is 0 Å². The quantitative estimate of drug-likeness (QED) is 0.445. The van der Waals surface area contributed by atoms with E-state index in [0.717, 1.165) is 18.7 Å². The molecule has 0 unspecified atom stereocenters. The minimum atomic E-state index is -0.956. The molecule has 2 rings (SSSR count). The summed E-state index contributed by atoms with van der Waals surface area (Å²) in [6.07, 6.45) is 0. The normalized spacial score (nSPS) is 10.3. The van der Waals surface area contributed by atoms with Crippen LogP contribution < -0.4 is 10.5 Å². The molecule has 0 amide bonds. The van der Waals surface area contributed by atoms with Gasteiger partial charge in [-0.2, -0.15) is 0 Å². The number of ether oxygens (including phenoxy) is 1. The summed E-state index contributed by atoms with van der Waals surface area (Å²) in [7, 11) is 3.98. The maximum absolute atomic E-state index is 12.3. The van der Waals surface area contributed by atoms with Gasteiger partial charge in [-0.05, 0) is 38.4 Å². The Hall–Kier alpha value is -1.21. The SMILES string of the molecule is CN(C)CCOc1cc(N)ccc1Cl.Fc1cc(S)c(Cl)cc1F. The first-order chi connectivity index (χ1) is 11.2. The van der Waals surface area contributed by atoms with Gasteiger partial charge in [0.2, 0.25) is 0 Å². The van der Waals surface area contributed by atoms with Crippen molar-refractivity contribution in [2.45, 2.75) is 4.90 Å². The predicted molar refractivity (Wildman–Crippen MR) is 98.5 cm³/mol. The molecule has 8 heteroatoms. The van der Waals surface area contributed by atoms with Crippen LogP contribution in [0.5, 0.6) is 5.75 Å². The Morgan fingerprint density at radius 2 is 1.71 bits per heavy atom. The number of thiol groups is 1. The summed E-state index contributed by atoms with van der Waals surface area (Å²) in [6, 6.07) is 7.04. The molecule has 2 aromatic rings. The molecule has 0 heterocycles. The van der Waals surface area contributed by atoms with Crippen molar-refractivity contribution in [3.63, 3.8) is 0 Å². The molecule has 3 nitrogen and oxygen atoms in total. The smallest absolute Gasteiger partial charge is 0.160 e. The average Bonchev–Trinajstić information content (AvgIpc) is 2.49. The summed E-state index contributed by atoms with van der Waals surface area (Å²) >= 11 is 15.1. The fourth-order valence-corrected chi connectivity index (χ4v) is 1.98. The van der Waals surface area contributed by atoms with Crippen LogP contribution in [0.15, 0.2) is 35.2 Å². The molecule has 24 heavy (non-hydrogen) atoms. The third-order valence-corrected chi connectivity index (χ3v) is 3.87. The Kier molecular flexibility index (Phi) is 8.62. The number of likely N-dealkylation sites (N-methyl/N-ethyl adjacent to an activating group) is 1. The lowest BCUT2D eigenvalue weighted by molar-refractivity contribution is 0.261. The van der Waals surface area contributed by atoms with Gasteiger partial charge in [0.25, 0.3) is 0 Å². The van der Waals surface area contributed by atoms with E-state index in [4.69, 9.17) is 33.7 Å². The van der Waals surface area contributed by atoms with E-state index >= 15 is 0 Å². The number of nitrogens with two attached hydrogens (primary N) is 1. The van der Waals surface area contributed by atoms with E-state index in [1.807, 2.05) is 19.0 Å². The highest BCUT2D eigenvalue weighted by Gasteiger charge is 2.04. The lowest BCUT2D eigenvalue weighted by atomic mass is 10.3. The van der Waals surface area contributed by atoms with Crippen LogP contribution in [-0.4, -0.2) is 32.1 Å². The molecule has 0 radical (unpaired) electrons. The fourth-order valence-electron chi connectivity index (χ4n) is 1.48. The molecule has 0 aliphatic carbocycles. The molecule has 0 fully saturated rings. The van der Waals surface area contributed by atoms with E-state index in [2.05, 4.69) is 12.6 Å². The minimum Gasteiger partial charge on any atom is -0.491 e. The van der Waals surface area contributed by atoms with Crippen LogP contribution >= 0.6 is 35.8 Å². The van der Waals surface area contributed by atoms with Crippen LogP contribution in [0.1, 0.15) is 0 Å². The van der Waals surface area contributed by atoms with E-state index in [9.17, 15) is 8.78 Å². The standard InChI is InChI=1S/C10H15ClN2O.C6H3ClF2S/c1-13(2)5-6-14-10-7-8(12)3-4-9(10)11;7-3-1-4(8)5(9)2-6(3)10/h3-4,7H,5-6,12H2,1-2H3;1-2,10H. The van der Waals surface area contributed by atoms with Gasteiger partial charge in [0.05, 0.1) is 10.0 Å². The van der Waals surface area contributed by atoms with Crippen molar-refractivity contribution in [1.82, 2.24) is 4.90 Å². The second-order valence-corrected chi connectivity index (χ2v) is 6.36. The maximum atomic E-state index is 12.3. The van der Waals surface area contributed by atoms with Crippen LogP contribution in [0.2, 0.25) is 10.0 Å². The van der Waals surface area contributed by atoms with E-state index in [1.54, 1.807) is 18.2 Å². The number of nitrogen functional groups attached to an aromatic ring is 1. The topological polar surface area (TPSA) is 38.5 Å². The van der Waals surface area contributed by atoms with Gasteiger partial charge in [-0.3, -0.25) is 0 Å². The highest BCUT2D eigenvalue weighted by molar-refractivity contribution is 7.80. The summed E-state index contributed by atoms with van der Waals surface area (Å²) in [6.45, 7) is 1.46. The zero-order valence-corrected chi connectivity index (χ0v) is 15.6. The van der Waals surface area contributed by atoms with Crippen LogP contribution in [0, 0.1) is 11.6 Å². The zero-order valence-electron chi connectivity index (χ0n) is 13.2. The van der Waals surface area contributed by atoms with Crippen molar-refractivity contribution in [1.29, 1.82) is 0 Å². The number of hydrogen-bond donors (Lipinski definition) is 2. The van der Waals surface area contributed by atoms with E-state index in [-0.39, 0.29) is 9.92 Å². The van der Waals surface area contributed by atoms with Crippen molar-refractivity contribution >= 4 is 41.5 Å². The summed E-state index contributed by atoms with van der Waals surface area (Å²) in [5.41, 5.74) is 6.27. The van der Waals surface area contributed by atoms with Gasteiger partial charge in [0.15, 0.2) is 11.6 Å². The zero-order chi connectivity index (χ0) is 18.3.